The molecule has 0 bridgehead atoms. The van der Waals surface area contributed by atoms with E-state index in [1.54, 1.807) is 48.5 Å². The molecule has 0 radical (unpaired) electrons. The number of carbonyl (C=O) groups is 2. The van der Waals surface area contributed by atoms with Crippen LogP contribution in [0.3, 0.4) is 0 Å². The van der Waals surface area contributed by atoms with Gasteiger partial charge in [-0.3, -0.25) is 13.9 Å². The number of sulfonamides is 1. The van der Waals surface area contributed by atoms with Crippen molar-refractivity contribution in [1.29, 1.82) is 0 Å². The van der Waals surface area contributed by atoms with E-state index in [9.17, 15) is 18.0 Å². The lowest BCUT2D eigenvalue weighted by Gasteiger charge is -2.35. The van der Waals surface area contributed by atoms with Crippen LogP contribution in [-0.2, 0) is 32.6 Å². The Hall–Kier alpha value is -4.14. The van der Waals surface area contributed by atoms with E-state index in [2.05, 4.69) is 5.32 Å². The van der Waals surface area contributed by atoms with Gasteiger partial charge in [-0.2, -0.15) is 0 Å². The Labute approximate surface area is 271 Å². The minimum Gasteiger partial charge on any atom is -0.352 e. The Morgan fingerprint density at radius 2 is 1.47 bits per heavy atom. The average molecular weight is 646 g/mol. The van der Waals surface area contributed by atoms with Gasteiger partial charge in [-0.15, -0.1) is 0 Å². The molecule has 4 aromatic rings. The Morgan fingerprint density at radius 3 is 2.11 bits per heavy atom. The molecule has 0 saturated heterocycles. The Morgan fingerprint density at radius 1 is 0.844 bits per heavy atom. The first-order valence-corrected chi connectivity index (χ1v) is 16.9. The minimum atomic E-state index is -4.17. The molecule has 45 heavy (non-hydrogen) atoms. The summed E-state index contributed by atoms with van der Waals surface area (Å²) in [5.74, 6) is -0.853. The average Bonchev–Trinajstić information content (AvgIpc) is 3.04. The van der Waals surface area contributed by atoms with Crippen LogP contribution in [0.4, 0.5) is 5.69 Å². The van der Waals surface area contributed by atoms with E-state index in [0.29, 0.717) is 22.7 Å². The Bertz CT molecular complexity index is 1720. The van der Waals surface area contributed by atoms with Crippen molar-refractivity contribution in [1.82, 2.24) is 10.2 Å². The van der Waals surface area contributed by atoms with Gasteiger partial charge >= 0.3 is 0 Å². The zero-order chi connectivity index (χ0) is 32.6. The molecule has 4 aromatic carbocycles. The number of rotatable bonds is 13. The normalized spacial score (nSPS) is 12.6. The van der Waals surface area contributed by atoms with Gasteiger partial charge in [0.1, 0.15) is 12.6 Å². The number of anilines is 1. The molecule has 4 rings (SSSR count). The summed E-state index contributed by atoms with van der Waals surface area (Å²) in [6, 6.07) is 29.0. The second-order valence-electron chi connectivity index (χ2n) is 11.2. The van der Waals surface area contributed by atoms with E-state index in [0.717, 1.165) is 21.0 Å². The molecule has 236 valence electrons. The van der Waals surface area contributed by atoms with E-state index < -0.39 is 28.5 Å². The van der Waals surface area contributed by atoms with Crippen LogP contribution >= 0.6 is 11.6 Å². The van der Waals surface area contributed by atoms with E-state index in [-0.39, 0.29) is 29.8 Å². The van der Waals surface area contributed by atoms with Crippen LogP contribution < -0.4 is 9.62 Å². The highest BCUT2D eigenvalue weighted by molar-refractivity contribution is 7.92. The van der Waals surface area contributed by atoms with Crippen LogP contribution in [0.25, 0.3) is 0 Å². The Balaban J connectivity index is 1.84. The molecule has 1 N–H and O–H groups in total. The quantitative estimate of drug-likeness (QED) is 0.175. The number of halogens is 1. The summed E-state index contributed by atoms with van der Waals surface area (Å²) in [6.45, 7) is 7.10. The fourth-order valence-electron chi connectivity index (χ4n) is 5.04. The van der Waals surface area contributed by atoms with Gasteiger partial charge in [-0.25, -0.2) is 8.42 Å². The predicted octanol–water partition coefficient (Wildman–Crippen LogP) is 6.71. The number of aryl methyl sites for hydroxylation is 1. The molecule has 2 unspecified atom stereocenters. The number of carbonyl (C=O) groups excluding carboxylic acids is 2. The van der Waals surface area contributed by atoms with Gasteiger partial charge < -0.3 is 10.2 Å². The smallest absolute Gasteiger partial charge is 0.264 e. The zero-order valence-electron chi connectivity index (χ0n) is 26.1. The first kappa shape index (κ1) is 33.7. The summed E-state index contributed by atoms with van der Waals surface area (Å²) >= 11 is 6.57. The fraction of sp³-hybridized carbons (Fsp3) is 0.278. The first-order valence-electron chi connectivity index (χ1n) is 15.0. The lowest BCUT2D eigenvalue weighted by Crippen LogP contribution is -2.54. The van der Waals surface area contributed by atoms with Crippen molar-refractivity contribution in [3.05, 3.63) is 130 Å². The zero-order valence-corrected chi connectivity index (χ0v) is 27.7. The van der Waals surface area contributed by atoms with Crippen LogP contribution in [0.1, 0.15) is 42.5 Å². The van der Waals surface area contributed by atoms with Gasteiger partial charge in [0.15, 0.2) is 0 Å². The van der Waals surface area contributed by atoms with Crippen LogP contribution in [0.15, 0.2) is 108 Å². The first-order chi connectivity index (χ1) is 21.5. The van der Waals surface area contributed by atoms with Crippen molar-refractivity contribution in [3.8, 4) is 0 Å². The third-order valence-electron chi connectivity index (χ3n) is 8.03. The maximum Gasteiger partial charge on any atom is 0.264 e. The maximum absolute atomic E-state index is 14.6. The lowest BCUT2D eigenvalue weighted by atomic mass is 10.0. The van der Waals surface area contributed by atoms with E-state index in [1.165, 1.54) is 17.0 Å². The van der Waals surface area contributed by atoms with Crippen LogP contribution in [0, 0.1) is 13.8 Å². The number of nitrogens with zero attached hydrogens (tertiary/aromatic N) is 2. The molecule has 0 aliphatic heterocycles. The second-order valence-corrected chi connectivity index (χ2v) is 13.4. The largest absolute Gasteiger partial charge is 0.352 e. The summed E-state index contributed by atoms with van der Waals surface area (Å²) in [7, 11) is -4.17. The van der Waals surface area contributed by atoms with Crippen LogP contribution in [-0.4, -0.2) is 43.8 Å². The minimum absolute atomic E-state index is 0.00988. The molecule has 7 nitrogen and oxygen atoms in total. The van der Waals surface area contributed by atoms with Crippen LogP contribution in [0.2, 0.25) is 5.02 Å². The summed E-state index contributed by atoms with van der Waals surface area (Å²) in [5.41, 5.74) is 3.52. The van der Waals surface area contributed by atoms with Crippen molar-refractivity contribution in [2.45, 2.75) is 64.1 Å². The van der Waals surface area contributed by atoms with Gasteiger partial charge in [0.05, 0.1) is 10.6 Å². The molecule has 9 heteroatoms. The highest BCUT2D eigenvalue weighted by atomic mass is 35.5. The highest BCUT2D eigenvalue weighted by Gasteiger charge is 2.35. The lowest BCUT2D eigenvalue weighted by molar-refractivity contribution is -0.140. The molecule has 0 aliphatic carbocycles. The van der Waals surface area contributed by atoms with Gasteiger partial charge in [-0.05, 0) is 73.7 Å². The number of amides is 2. The monoisotopic (exact) mass is 645 g/mol. The number of hydrogen-bond acceptors (Lipinski definition) is 4. The van der Waals surface area contributed by atoms with Crippen molar-refractivity contribution in [2.24, 2.45) is 0 Å². The fourth-order valence-corrected chi connectivity index (χ4v) is 6.73. The molecule has 0 fully saturated rings. The molecule has 0 aromatic heterocycles. The van der Waals surface area contributed by atoms with Gasteiger partial charge in [-0.1, -0.05) is 97.4 Å². The van der Waals surface area contributed by atoms with Crippen molar-refractivity contribution in [3.63, 3.8) is 0 Å². The van der Waals surface area contributed by atoms with Crippen molar-refractivity contribution >= 4 is 39.1 Å². The molecule has 2 amide bonds. The third-order valence-corrected chi connectivity index (χ3v) is 10.2. The summed E-state index contributed by atoms with van der Waals surface area (Å²) in [4.78, 5) is 30.1. The number of nitrogens with one attached hydrogen (secondary N) is 1. The van der Waals surface area contributed by atoms with E-state index in [4.69, 9.17) is 11.6 Å². The molecule has 0 heterocycles. The third kappa shape index (κ3) is 8.32. The van der Waals surface area contributed by atoms with Crippen LogP contribution in [0.5, 0.6) is 0 Å². The van der Waals surface area contributed by atoms with Gasteiger partial charge in [0.25, 0.3) is 10.0 Å². The summed E-state index contributed by atoms with van der Waals surface area (Å²) in [6.07, 6.45) is 0.937. The molecular formula is C36H40ClN3O4S. The van der Waals surface area contributed by atoms with Crippen molar-refractivity contribution in [2.75, 3.05) is 10.8 Å². The van der Waals surface area contributed by atoms with Gasteiger partial charge in [0, 0.05) is 24.0 Å². The maximum atomic E-state index is 14.6. The number of benzene rings is 4. The molecule has 0 spiro atoms. The molecular weight excluding hydrogens is 606 g/mol. The second kappa shape index (κ2) is 15.2. The Kier molecular flexibility index (Phi) is 11.4. The topological polar surface area (TPSA) is 86.8 Å². The van der Waals surface area contributed by atoms with E-state index in [1.807, 2.05) is 70.2 Å². The SMILES string of the molecule is CCC(C)NC(=O)C(Cc1ccccc1)N(Cc1ccccc1Cl)C(=O)CN(c1cccc(C)c1C)S(=O)(=O)c1ccccc1. The number of hydrogen-bond donors (Lipinski definition) is 1. The molecule has 0 aliphatic rings. The summed E-state index contributed by atoms with van der Waals surface area (Å²) in [5, 5.41) is 3.49. The van der Waals surface area contributed by atoms with E-state index >= 15 is 0 Å². The van der Waals surface area contributed by atoms with Crippen molar-refractivity contribution < 1.29 is 18.0 Å². The highest BCUT2D eigenvalue weighted by Crippen LogP contribution is 2.29. The standard InChI is InChI=1S/C36H40ClN3O4S/c1-5-27(3)38-36(42)34(23-29-16-8-6-9-17-29)39(24-30-18-12-13-21-32(30)37)35(41)25-40(33-22-14-15-26(2)28(33)4)45(43,44)31-19-10-7-11-20-31/h6-22,27,34H,5,23-25H2,1-4H3,(H,38,42). The van der Waals surface area contributed by atoms with Gasteiger partial charge in [0.2, 0.25) is 11.8 Å². The summed E-state index contributed by atoms with van der Waals surface area (Å²) < 4.78 is 29.6. The molecule has 2 atom stereocenters. The molecule has 0 saturated carbocycles. The predicted molar refractivity (Wildman–Crippen MR) is 181 cm³/mol.